The zero-order valence-electron chi connectivity index (χ0n) is 17.0. The molecular formula is C23H24ClN3O4. The molecule has 4 rings (SSSR count). The van der Waals surface area contributed by atoms with Crippen molar-refractivity contribution in [3.05, 3.63) is 64.7 Å². The number of carbonyl (C=O) groups is 3. The van der Waals surface area contributed by atoms with E-state index in [1.807, 2.05) is 24.3 Å². The number of para-hydroxylation sites is 1. The number of nitrogens with one attached hydrogen (secondary N) is 2. The summed E-state index contributed by atoms with van der Waals surface area (Å²) in [6, 6.07) is 14.4. The van der Waals surface area contributed by atoms with E-state index in [4.69, 9.17) is 16.3 Å². The van der Waals surface area contributed by atoms with E-state index in [0.29, 0.717) is 48.8 Å². The third-order valence-corrected chi connectivity index (χ3v) is 6.15. The highest BCUT2D eigenvalue weighted by Crippen LogP contribution is 2.33. The number of nitrogens with zero attached hydrogens (tertiary/aromatic N) is 1. The molecule has 2 aromatic carbocycles. The SMILES string of the molecule is O=C(CN1CCC2(CCC1=O)CNC(=O)c1ccccc1O2)NCc1ccccc1Cl. The molecule has 0 aromatic heterocycles. The van der Waals surface area contributed by atoms with E-state index in [9.17, 15) is 14.4 Å². The van der Waals surface area contributed by atoms with Gasteiger partial charge in [0.1, 0.15) is 11.4 Å². The highest BCUT2D eigenvalue weighted by Gasteiger charge is 2.40. The van der Waals surface area contributed by atoms with Gasteiger partial charge in [0.25, 0.3) is 5.91 Å². The standard InChI is InChI=1S/C23H24ClN3O4/c24-18-7-3-1-5-16(18)13-25-20(28)14-27-12-11-23(10-9-21(27)29)15-26-22(30)17-6-2-4-8-19(17)31-23/h1-8H,9-15H2,(H,25,28)(H,26,30). The number of likely N-dealkylation sites (tertiary alicyclic amines) is 1. The molecule has 1 atom stereocenters. The number of rotatable bonds is 4. The minimum Gasteiger partial charge on any atom is -0.485 e. The van der Waals surface area contributed by atoms with Crippen LogP contribution in [-0.4, -0.2) is 47.9 Å². The Hall–Kier alpha value is -3.06. The van der Waals surface area contributed by atoms with Crippen molar-refractivity contribution in [2.45, 2.75) is 31.4 Å². The van der Waals surface area contributed by atoms with Crippen LogP contribution in [0, 0.1) is 0 Å². The van der Waals surface area contributed by atoms with Crippen molar-refractivity contribution in [3.63, 3.8) is 0 Å². The maximum atomic E-state index is 12.7. The predicted octanol–water partition coefficient (Wildman–Crippen LogP) is 2.53. The second kappa shape index (κ2) is 8.98. The third-order valence-electron chi connectivity index (χ3n) is 5.78. The number of benzene rings is 2. The van der Waals surface area contributed by atoms with E-state index in [2.05, 4.69) is 10.6 Å². The molecule has 2 aromatic rings. The summed E-state index contributed by atoms with van der Waals surface area (Å²) in [5.74, 6) is -0.00313. The first kappa shape index (κ1) is 21.2. The van der Waals surface area contributed by atoms with Crippen LogP contribution in [0.4, 0.5) is 0 Å². The quantitative estimate of drug-likeness (QED) is 0.763. The molecule has 1 unspecified atom stereocenters. The molecule has 1 fully saturated rings. The summed E-state index contributed by atoms with van der Waals surface area (Å²) in [6.07, 6.45) is 1.24. The maximum absolute atomic E-state index is 12.7. The Bertz CT molecular complexity index is 1010. The number of ether oxygens (including phenoxy) is 1. The van der Waals surface area contributed by atoms with E-state index >= 15 is 0 Å². The molecule has 0 aliphatic carbocycles. The minimum atomic E-state index is -0.680. The Morgan fingerprint density at radius 3 is 2.74 bits per heavy atom. The third kappa shape index (κ3) is 4.82. The zero-order chi connectivity index (χ0) is 21.8. The van der Waals surface area contributed by atoms with Crippen LogP contribution in [-0.2, 0) is 16.1 Å². The molecule has 3 amide bonds. The number of halogens is 1. The van der Waals surface area contributed by atoms with E-state index in [0.717, 1.165) is 5.56 Å². The summed E-state index contributed by atoms with van der Waals surface area (Å²) in [4.78, 5) is 39.1. The molecule has 7 nitrogen and oxygen atoms in total. The van der Waals surface area contributed by atoms with Crippen molar-refractivity contribution in [1.29, 1.82) is 0 Å². The Kier molecular flexibility index (Phi) is 6.13. The fraction of sp³-hybridized carbons (Fsp3) is 0.348. The van der Waals surface area contributed by atoms with Crippen LogP contribution in [0.3, 0.4) is 0 Å². The van der Waals surface area contributed by atoms with Gasteiger partial charge in [0.2, 0.25) is 11.8 Å². The van der Waals surface area contributed by atoms with Gasteiger partial charge in [0.05, 0.1) is 18.7 Å². The van der Waals surface area contributed by atoms with Crippen molar-refractivity contribution in [3.8, 4) is 5.75 Å². The van der Waals surface area contributed by atoms with Crippen LogP contribution >= 0.6 is 11.6 Å². The van der Waals surface area contributed by atoms with Crippen LogP contribution in [0.5, 0.6) is 5.75 Å². The van der Waals surface area contributed by atoms with E-state index in [1.165, 1.54) is 0 Å². The molecule has 162 valence electrons. The van der Waals surface area contributed by atoms with Gasteiger partial charge >= 0.3 is 0 Å². The Morgan fingerprint density at radius 2 is 1.90 bits per heavy atom. The van der Waals surface area contributed by atoms with Crippen molar-refractivity contribution in [2.24, 2.45) is 0 Å². The van der Waals surface area contributed by atoms with Crippen molar-refractivity contribution >= 4 is 29.3 Å². The lowest BCUT2D eigenvalue weighted by atomic mass is 9.94. The summed E-state index contributed by atoms with van der Waals surface area (Å²) in [7, 11) is 0. The second-order valence-electron chi connectivity index (χ2n) is 7.90. The molecule has 31 heavy (non-hydrogen) atoms. The highest BCUT2D eigenvalue weighted by atomic mass is 35.5. The van der Waals surface area contributed by atoms with E-state index in [1.54, 1.807) is 29.2 Å². The van der Waals surface area contributed by atoms with Gasteiger partial charge in [0.15, 0.2) is 0 Å². The second-order valence-corrected chi connectivity index (χ2v) is 8.30. The number of hydrogen-bond acceptors (Lipinski definition) is 4. The fourth-order valence-corrected chi connectivity index (χ4v) is 4.14. The van der Waals surface area contributed by atoms with E-state index < -0.39 is 5.60 Å². The van der Waals surface area contributed by atoms with Crippen LogP contribution in [0.25, 0.3) is 0 Å². The van der Waals surface area contributed by atoms with Gasteiger partial charge in [-0.3, -0.25) is 14.4 Å². The number of fused-ring (bicyclic) bond motifs is 1. The molecule has 1 spiro atoms. The average Bonchev–Trinajstić information content (AvgIpc) is 3.01. The van der Waals surface area contributed by atoms with Crippen LogP contribution in [0.2, 0.25) is 5.02 Å². The fourth-order valence-electron chi connectivity index (χ4n) is 3.94. The molecule has 0 radical (unpaired) electrons. The molecule has 2 heterocycles. The van der Waals surface area contributed by atoms with Crippen LogP contribution in [0.15, 0.2) is 48.5 Å². The molecule has 0 bridgehead atoms. The normalized spacial score (nSPS) is 20.9. The Morgan fingerprint density at radius 1 is 1.13 bits per heavy atom. The summed E-state index contributed by atoms with van der Waals surface area (Å²) in [5, 5.41) is 6.33. The summed E-state index contributed by atoms with van der Waals surface area (Å²) in [5.41, 5.74) is 0.631. The molecule has 2 aliphatic heterocycles. The first-order chi connectivity index (χ1) is 15.0. The smallest absolute Gasteiger partial charge is 0.255 e. The lowest BCUT2D eigenvalue weighted by molar-refractivity contribution is -0.135. The van der Waals surface area contributed by atoms with Gasteiger partial charge in [0, 0.05) is 31.0 Å². The minimum absolute atomic E-state index is 0.0255. The molecule has 0 saturated carbocycles. The number of amides is 3. The number of hydrogen-bond donors (Lipinski definition) is 2. The van der Waals surface area contributed by atoms with Gasteiger partial charge in [-0.05, 0) is 30.2 Å². The number of carbonyl (C=O) groups excluding carboxylic acids is 3. The largest absolute Gasteiger partial charge is 0.485 e. The summed E-state index contributed by atoms with van der Waals surface area (Å²) < 4.78 is 6.28. The van der Waals surface area contributed by atoms with Gasteiger partial charge in [-0.2, -0.15) is 0 Å². The molecule has 2 aliphatic rings. The average molecular weight is 442 g/mol. The Labute approximate surface area is 185 Å². The molecule has 2 N–H and O–H groups in total. The van der Waals surface area contributed by atoms with Gasteiger partial charge in [-0.1, -0.05) is 41.9 Å². The zero-order valence-corrected chi connectivity index (χ0v) is 17.8. The lowest BCUT2D eigenvalue weighted by Crippen LogP contribution is -2.46. The van der Waals surface area contributed by atoms with Crippen molar-refractivity contribution < 1.29 is 19.1 Å². The first-order valence-corrected chi connectivity index (χ1v) is 10.7. The van der Waals surface area contributed by atoms with Gasteiger partial charge in [-0.15, -0.1) is 0 Å². The van der Waals surface area contributed by atoms with Crippen LogP contribution in [0.1, 0.15) is 35.2 Å². The van der Waals surface area contributed by atoms with Crippen LogP contribution < -0.4 is 15.4 Å². The van der Waals surface area contributed by atoms with Gasteiger partial charge < -0.3 is 20.3 Å². The van der Waals surface area contributed by atoms with Gasteiger partial charge in [-0.25, -0.2) is 0 Å². The topological polar surface area (TPSA) is 87.7 Å². The molecular weight excluding hydrogens is 418 g/mol. The Balaban J connectivity index is 1.39. The van der Waals surface area contributed by atoms with E-state index in [-0.39, 0.29) is 30.7 Å². The lowest BCUT2D eigenvalue weighted by Gasteiger charge is -2.32. The molecule has 8 heteroatoms. The summed E-state index contributed by atoms with van der Waals surface area (Å²) in [6.45, 7) is 0.968. The van der Waals surface area contributed by atoms with Crippen molar-refractivity contribution in [2.75, 3.05) is 19.6 Å². The monoisotopic (exact) mass is 441 g/mol. The first-order valence-electron chi connectivity index (χ1n) is 10.3. The predicted molar refractivity (Wildman–Crippen MR) is 116 cm³/mol. The molecule has 1 saturated heterocycles. The highest BCUT2D eigenvalue weighted by molar-refractivity contribution is 6.31. The van der Waals surface area contributed by atoms with Crippen molar-refractivity contribution in [1.82, 2.24) is 15.5 Å². The summed E-state index contributed by atoms with van der Waals surface area (Å²) >= 11 is 6.13. The maximum Gasteiger partial charge on any atom is 0.255 e.